The molecule has 4 rings (SSSR count). The molecule has 0 fully saturated rings. The van der Waals surface area contributed by atoms with E-state index in [2.05, 4.69) is 27.0 Å². The molecule has 0 spiro atoms. The second-order valence-corrected chi connectivity index (χ2v) is 7.32. The molecule has 0 radical (unpaired) electrons. The van der Waals surface area contributed by atoms with Crippen molar-refractivity contribution in [2.24, 2.45) is 0 Å². The lowest BCUT2D eigenvalue weighted by atomic mass is 10.2. The van der Waals surface area contributed by atoms with Gasteiger partial charge < -0.3 is 4.90 Å². The minimum absolute atomic E-state index is 0.0331. The number of fused-ring (bicyclic) bond motifs is 1. The van der Waals surface area contributed by atoms with Crippen LogP contribution in [0.1, 0.15) is 15.2 Å². The number of rotatable bonds is 2. The average Bonchev–Trinajstić information content (AvgIpc) is 3.22. The summed E-state index contributed by atoms with van der Waals surface area (Å²) in [6, 6.07) is 16.0. The Balaban J connectivity index is 1.63. The molecule has 1 aromatic heterocycles. The number of benzene rings is 2. The molecule has 3 nitrogen and oxygen atoms in total. The van der Waals surface area contributed by atoms with Gasteiger partial charge in [-0.25, -0.2) is 4.98 Å². The van der Waals surface area contributed by atoms with Crippen molar-refractivity contribution < 1.29 is 4.79 Å². The molecular weight excluding hydrogens is 372 g/mol. The maximum absolute atomic E-state index is 12.8. The number of hydrogen-bond donors (Lipinski definition) is 0. The molecule has 0 saturated carbocycles. The molecule has 1 aliphatic heterocycles. The summed E-state index contributed by atoms with van der Waals surface area (Å²) in [4.78, 5) is 19.8. The van der Waals surface area contributed by atoms with E-state index >= 15 is 0 Å². The van der Waals surface area contributed by atoms with Crippen molar-refractivity contribution in [2.45, 2.75) is 6.42 Å². The van der Waals surface area contributed by atoms with Gasteiger partial charge in [0.2, 0.25) is 0 Å². The van der Waals surface area contributed by atoms with Crippen molar-refractivity contribution in [1.82, 2.24) is 4.98 Å². The maximum atomic E-state index is 12.8. The molecule has 5 heteroatoms. The number of carbonyl (C=O) groups is 1. The maximum Gasteiger partial charge on any atom is 0.270 e. The zero-order valence-electron chi connectivity index (χ0n) is 12.2. The number of hydrogen-bond acceptors (Lipinski definition) is 3. The van der Waals surface area contributed by atoms with Crippen LogP contribution in [0.25, 0.3) is 10.6 Å². The molecule has 3 aromatic rings. The van der Waals surface area contributed by atoms with Crippen LogP contribution < -0.4 is 4.90 Å². The fourth-order valence-electron chi connectivity index (χ4n) is 2.80. The fourth-order valence-corrected chi connectivity index (χ4v) is 4.08. The van der Waals surface area contributed by atoms with Gasteiger partial charge in [0.05, 0.1) is 6.20 Å². The summed E-state index contributed by atoms with van der Waals surface area (Å²) in [5.74, 6) is 0.0331. The highest BCUT2D eigenvalue weighted by Crippen LogP contribution is 2.33. The molecule has 23 heavy (non-hydrogen) atoms. The third kappa shape index (κ3) is 2.71. The molecule has 2 aromatic carbocycles. The van der Waals surface area contributed by atoms with Gasteiger partial charge in [0.15, 0.2) is 0 Å². The van der Waals surface area contributed by atoms with Gasteiger partial charge >= 0.3 is 0 Å². The Morgan fingerprint density at radius 3 is 2.83 bits per heavy atom. The molecule has 0 atom stereocenters. The first-order valence-electron chi connectivity index (χ1n) is 7.34. The first kappa shape index (κ1) is 14.6. The van der Waals surface area contributed by atoms with Crippen molar-refractivity contribution in [3.8, 4) is 10.6 Å². The van der Waals surface area contributed by atoms with Gasteiger partial charge in [0.1, 0.15) is 9.88 Å². The quantitative estimate of drug-likeness (QED) is 0.636. The minimum Gasteiger partial charge on any atom is -0.307 e. The van der Waals surface area contributed by atoms with Crippen molar-refractivity contribution >= 4 is 38.9 Å². The zero-order chi connectivity index (χ0) is 15.8. The summed E-state index contributed by atoms with van der Waals surface area (Å²) in [5, 5.41) is 0.879. The summed E-state index contributed by atoms with van der Waals surface area (Å²) in [6.45, 7) is 0.725. The van der Waals surface area contributed by atoms with Crippen LogP contribution in [0.15, 0.2) is 59.2 Å². The summed E-state index contributed by atoms with van der Waals surface area (Å²) in [7, 11) is 0. The first-order valence-corrected chi connectivity index (χ1v) is 8.95. The summed E-state index contributed by atoms with van der Waals surface area (Å²) < 4.78 is 1.05. The molecule has 0 saturated heterocycles. The molecule has 0 aliphatic carbocycles. The fraction of sp³-hybridized carbons (Fsp3) is 0.111. The Labute approximate surface area is 146 Å². The highest BCUT2D eigenvalue weighted by Gasteiger charge is 2.27. The number of carbonyl (C=O) groups excluding carboxylic acids is 1. The monoisotopic (exact) mass is 384 g/mol. The van der Waals surface area contributed by atoms with Crippen molar-refractivity contribution in [3.63, 3.8) is 0 Å². The van der Waals surface area contributed by atoms with E-state index in [4.69, 9.17) is 0 Å². The molecule has 114 valence electrons. The van der Waals surface area contributed by atoms with Crippen molar-refractivity contribution in [2.75, 3.05) is 11.4 Å². The summed E-state index contributed by atoms with van der Waals surface area (Å²) in [5.41, 5.74) is 3.26. The van der Waals surface area contributed by atoms with Gasteiger partial charge in [-0.2, -0.15) is 0 Å². The Morgan fingerprint density at radius 1 is 1.17 bits per heavy atom. The van der Waals surface area contributed by atoms with Crippen molar-refractivity contribution in [1.29, 1.82) is 0 Å². The minimum atomic E-state index is 0.0331. The largest absolute Gasteiger partial charge is 0.307 e. The number of aromatic nitrogens is 1. The summed E-state index contributed by atoms with van der Waals surface area (Å²) in [6.07, 6.45) is 2.58. The number of halogens is 1. The van der Waals surface area contributed by atoms with Crippen LogP contribution in [0.5, 0.6) is 0 Å². The lowest BCUT2D eigenvalue weighted by molar-refractivity contribution is 0.0993. The Morgan fingerprint density at radius 2 is 2.00 bits per heavy atom. The molecule has 0 N–H and O–H groups in total. The predicted octanol–water partition coefficient (Wildman–Crippen LogP) is 4.78. The standard InChI is InChI=1S/C18H13BrN2OS/c19-14-6-7-15-13(10-14)8-9-21(15)18(22)16-11-20-17(23-16)12-4-2-1-3-5-12/h1-7,10-11H,8-9H2. The highest BCUT2D eigenvalue weighted by atomic mass is 79.9. The van der Waals surface area contributed by atoms with Gasteiger partial charge in [-0.15, -0.1) is 11.3 Å². The summed E-state index contributed by atoms with van der Waals surface area (Å²) >= 11 is 4.93. The van der Waals surface area contributed by atoms with E-state index in [0.717, 1.165) is 33.7 Å². The van der Waals surface area contributed by atoms with Crippen LogP contribution in [0.2, 0.25) is 0 Å². The average molecular weight is 385 g/mol. The number of anilines is 1. The van der Waals surface area contributed by atoms with Crippen LogP contribution in [-0.2, 0) is 6.42 Å². The van der Waals surface area contributed by atoms with Crippen molar-refractivity contribution in [3.05, 3.63) is 69.6 Å². The lowest BCUT2D eigenvalue weighted by Gasteiger charge is -2.16. The topological polar surface area (TPSA) is 33.2 Å². The normalized spacial score (nSPS) is 13.2. The van der Waals surface area contributed by atoms with Gasteiger partial charge in [-0.1, -0.05) is 46.3 Å². The molecule has 1 aliphatic rings. The number of thiazole rings is 1. The molecule has 0 bridgehead atoms. The smallest absolute Gasteiger partial charge is 0.270 e. The highest BCUT2D eigenvalue weighted by molar-refractivity contribution is 9.10. The van der Waals surface area contributed by atoms with E-state index in [-0.39, 0.29) is 5.91 Å². The predicted molar refractivity (Wildman–Crippen MR) is 97.1 cm³/mol. The van der Waals surface area contributed by atoms with Gasteiger partial charge in [0.25, 0.3) is 5.91 Å². The molecular formula is C18H13BrN2OS. The van der Waals surface area contributed by atoms with Crippen LogP contribution in [0, 0.1) is 0 Å². The number of amides is 1. The first-order chi connectivity index (χ1) is 11.2. The van der Waals surface area contributed by atoms with Crippen LogP contribution in [0.3, 0.4) is 0 Å². The SMILES string of the molecule is O=C(c1cnc(-c2ccccc2)s1)N1CCc2cc(Br)ccc21. The third-order valence-electron chi connectivity index (χ3n) is 3.92. The molecule has 1 amide bonds. The van der Waals surface area contributed by atoms with E-state index < -0.39 is 0 Å². The second kappa shape index (κ2) is 5.91. The number of nitrogens with zero attached hydrogens (tertiary/aromatic N) is 2. The Hall–Kier alpha value is -1.98. The van der Waals surface area contributed by atoms with Gasteiger partial charge in [0, 0.05) is 22.3 Å². The van der Waals surface area contributed by atoms with E-state index in [0.29, 0.717) is 4.88 Å². The molecule has 0 unspecified atom stereocenters. The Bertz CT molecular complexity index is 876. The lowest BCUT2D eigenvalue weighted by Crippen LogP contribution is -2.28. The van der Waals surface area contributed by atoms with Gasteiger partial charge in [-0.3, -0.25) is 4.79 Å². The zero-order valence-corrected chi connectivity index (χ0v) is 14.6. The van der Waals surface area contributed by atoms with E-state index in [1.165, 1.54) is 16.9 Å². The van der Waals surface area contributed by atoms with E-state index in [9.17, 15) is 4.79 Å². The van der Waals surface area contributed by atoms with Crippen LogP contribution in [0.4, 0.5) is 5.69 Å². The van der Waals surface area contributed by atoms with E-state index in [1.807, 2.05) is 47.4 Å². The van der Waals surface area contributed by atoms with Gasteiger partial charge in [-0.05, 0) is 30.2 Å². The Kier molecular flexibility index (Phi) is 3.75. The van der Waals surface area contributed by atoms with Crippen LogP contribution in [-0.4, -0.2) is 17.4 Å². The third-order valence-corrected chi connectivity index (χ3v) is 5.45. The molecule has 2 heterocycles. The van der Waals surface area contributed by atoms with E-state index in [1.54, 1.807) is 6.20 Å². The second-order valence-electron chi connectivity index (χ2n) is 5.38. The van der Waals surface area contributed by atoms with Crippen LogP contribution >= 0.6 is 27.3 Å².